The monoisotopic (exact) mass is 564 g/mol. The Balaban J connectivity index is 1.14. The number of hydrogen-bond donors (Lipinski definition) is 4. The Morgan fingerprint density at radius 3 is 2.52 bits per heavy atom. The Labute approximate surface area is 237 Å². The molecule has 0 bridgehead atoms. The first-order valence-corrected chi connectivity index (χ1v) is 13.1. The molecule has 210 valence electrons. The van der Waals surface area contributed by atoms with Crippen molar-refractivity contribution in [2.24, 2.45) is 0 Å². The van der Waals surface area contributed by atoms with Crippen molar-refractivity contribution in [2.75, 3.05) is 5.73 Å². The number of hydrogen-bond acceptors (Lipinski definition) is 8. The first-order valence-electron chi connectivity index (χ1n) is 13.1. The third-order valence-corrected chi connectivity index (χ3v) is 7.73. The standard InChI is InChI=1S/C30H24N6O6/c1-14-17-6-7-20(19(17)5-4-18(14)30(41)42)35-29(40)22-11-21(33-13-34-22)28(39)32-12-15-2-3-16-8-9-36(23(16)10-15)25-24(31)26(37)27(25)38/h2-5,8-11,13,20H,6-7,12,31H2,1H3,(H,32,39)(H,35,40)(H,41,42)/t20-/m0/s1. The SMILES string of the molecule is Cc1c(C(=O)O)ccc2c1CC[C@@H]2NC(=O)c1cc(C(=O)NCc2ccc3ccn(-c4c(N)c(=O)c4=O)c3c2)ncn1. The van der Waals surface area contributed by atoms with Gasteiger partial charge in [-0.1, -0.05) is 18.2 Å². The van der Waals surface area contributed by atoms with E-state index >= 15 is 0 Å². The summed E-state index contributed by atoms with van der Waals surface area (Å²) in [5, 5.41) is 15.9. The van der Waals surface area contributed by atoms with Crippen molar-refractivity contribution in [3.05, 3.63) is 115 Å². The number of nitrogen functional groups attached to an aromatic ring is 1. The predicted molar refractivity (Wildman–Crippen MR) is 152 cm³/mol. The zero-order valence-corrected chi connectivity index (χ0v) is 22.3. The van der Waals surface area contributed by atoms with Crippen LogP contribution in [-0.4, -0.2) is 37.4 Å². The Morgan fingerprint density at radius 1 is 1.02 bits per heavy atom. The van der Waals surface area contributed by atoms with Gasteiger partial charge in [-0.25, -0.2) is 14.8 Å². The number of rotatable bonds is 7. The molecular weight excluding hydrogens is 540 g/mol. The molecule has 5 N–H and O–H groups in total. The van der Waals surface area contributed by atoms with Gasteiger partial charge in [-0.15, -0.1) is 0 Å². The molecule has 0 saturated carbocycles. The highest BCUT2D eigenvalue weighted by molar-refractivity contribution is 5.97. The van der Waals surface area contributed by atoms with E-state index < -0.39 is 28.6 Å². The Bertz CT molecular complexity index is 2020. The maximum Gasteiger partial charge on any atom is 0.335 e. The number of carbonyl (C=O) groups excluding carboxylic acids is 2. The third-order valence-electron chi connectivity index (χ3n) is 7.73. The number of nitrogens with one attached hydrogen (secondary N) is 2. The number of fused-ring (bicyclic) bond motifs is 2. The molecule has 0 radical (unpaired) electrons. The molecule has 0 aliphatic heterocycles. The molecule has 2 heterocycles. The fourth-order valence-corrected chi connectivity index (χ4v) is 5.49. The number of benzene rings is 2. The Kier molecular flexibility index (Phi) is 6.37. The first kappa shape index (κ1) is 26.6. The molecular formula is C30H24N6O6. The number of nitrogens with two attached hydrogens (primary N) is 1. The molecule has 1 aliphatic carbocycles. The highest BCUT2D eigenvalue weighted by atomic mass is 16.4. The van der Waals surface area contributed by atoms with Crippen molar-refractivity contribution in [3.8, 4) is 5.69 Å². The van der Waals surface area contributed by atoms with E-state index in [9.17, 15) is 29.1 Å². The molecule has 2 aromatic heterocycles. The predicted octanol–water partition coefficient (Wildman–Crippen LogP) is 1.95. The summed E-state index contributed by atoms with van der Waals surface area (Å²) < 4.78 is 1.56. The van der Waals surface area contributed by atoms with Crippen molar-refractivity contribution in [1.29, 1.82) is 0 Å². The van der Waals surface area contributed by atoms with Gasteiger partial charge < -0.3 is 26.0 Å². The van der Waals surface area contributed by atoms with Crippen LogP contribution >= 0.6 is 0 Å². The average molecular weight is 565 g/mol. The van der Waals surface area contributed by atoms with Gasteiger partial charge >= 0.3 is 5.97 Å². The number of carboxylic acids is 1. The molecule has 42 heavy (non-hydrogen) atoms. The van der Waals surface area contributed by atoms with Crippen LogP contribution in [0.3, 0.4) is 0 Å². The van der Waals surface area contributed by atoms with E-state index in [4.69, 9.17) is 5.73 Å². The van der Waals surface area contributed by atoms with E-state index in [-0.39, 0.29) is 40.9 Å². The van der Waals surface area contributed by atoms with E-state index in [1.54, 1.807) is 42.0 Å². The van der Waals surface area contributed by atoms with Crippen LogP contribution in [0, 0.1) is 6.92 Å². The van der Waals surface area contributed by atoms with Gasteiger partial charge in [0.2, 0.25) is 0 Å². The summed E-state index contributed by atoms with van der Waals surface area (Å²) in [7, 11) is 0. The van der Waals surface area contributed by atoms with Crippen molar-refractivity contribution in [1.82, 2.24) is 25.2 Å². The van der Waals surface area contributed by atoms with Crippen LogP contribution in [-0.2, 0) is 13.0 Å². The van der Waals surface area contributed by atoms with Crippen LogP contribution < -0.4 is 27.2 Å². The number of carbonyl (C=O) groups is 3. The Morgan fingerprint density at radius 2 is 1.79 bits per heavy atom. The van der Waals surface area contributed by atoms with Gasteiger partial charge in [-0.05, 0) is 65.6 Å². The second kappa shape index (κ2) is 10.1. The van der Waals surface area contributed by atoms with Crippen LogP contribution in [0.15, 0.2) is 64.6 Å². The van der Waals surface area contributed by atoms with E-state index in [1.807, 2.05) is 12.1 Å². The molecule has 0 spiro atoms. The summed E-state index contributed by atoms with van der Waals surface area (Å²) in [5.41, 5.74) is 8.56. The van der Waals surface area contributed by atoms with Crippen LogP contribution in [0.4, 0.5) is 5.69 Å². The van der Waals surface area contributed by atoms with E-state index in [0.29, 0.717) is 23.9 Å². The molecule has 1 atom stereocenters. The van der Waals surface area contributed by atoms with Gasteiger partial charge in [-0.3, -0.25) is 19.2 Å². The van der Waals surface area contributed by atoms with Crippen molar-refractivity contribution in [2.45, 2.75) is 32.4 Å². The highest BCUT2D eigenvalue weighted by Gasteiger charge is 2.28. The topological polar surface area (TPSA) is 186 Å². The number of carboxylic acid groups (broad SMARTS) is 1. The van der Waals surface area contributed by atoms with Gasteiger partial charge in [-0.2, -0.15) is 0 Å². The second-order valence-corrected chi connectivity index (χ2v) is 10.1. The fourth-order valence-electron chi connectivity index (χ4n) is 5.49. The van der Waals surface area contributed by atoms with Crippen molar-refractivity contribution >= 4 is 34.4 Å². The molecule has 1 aliphatic rings. The maximum absolute atomic E-state index is 13.0. The summed E-state index contributed by atoms with van der Waals surface area (Å²) in [6, 6.07) is 11.5. The van der Waals surface area contributed by atoms with Gasteiger partial charge in [0.25, 0.3) is 22.7 Å². The zero-order valence-electron chi connectivity index (χ0n) is 22.3. The largest absolute Gasteiger partial charge is 0.478 e. The molecule has 0 saturated heterocycles. The lowest BCUT2D eigenvalue weighted by molar-refractivity contribution is 0.0695. The summed E-state index contributed by atoms with van der Waals surface area (Å²) in [6.07, 6.45) is 4.06. The number of aromatic carboxylic acids is 1. The van der Waals surface area contributed by atoms with Crippen LogP contribution in [0.25, 0.3) is 16.6 Å². The molecule has 6 rings (SSSR count). The summed E-state index contributed by atoms with van der Waals surface area (Å²) in [5.74, 6) is -1.99. The van der Waals surface area contributed by atoms with Gasteiger partial charge in [0, 0.05) is 18.8 Å². The molecule has 3 aromatic carbocycles. The van der Waals surface area contributed by atoms with E-state index in [2.05, 4.69) is 20.6 Å². The minimum absolute atomic E-state index is 0.00451. The molecule has 12 heteroatoms. The normalized spacial score (nSPS) is 14.2. The van der Waals surface area contributed by atoms with Gasteiger partial charge in [0.05, 0.1) is 17.1 Å². The van der Waals surface area contributed by atoms with E-state index in [1.165, 1.54) is 6.07 Å². The number of nitrogens with zero attached hydrogens (tertiary/aromatic N) is 3. The summed E-state index contributed by atoms with van der Waals surface area (Å²) in [4.78, 5) is 69.0. The third kappa shape index (κ3) is 4.38. The molecule has 12 nitrogen and oxygen atoms in total. The lowest BCUT2D eigenvalue weighted by Gasteiger charge is -2.15. The zero-order chi connectivity index (χ0) is 29.7. The smallest absolute Gasteiger partial charge is 0.335 e. The number of anilines is 1. The van der Waals surface area contributed by atoms with Crippen LogP contribution in [0.5, 0.6) is 0 Å². The Hall–Kier alpha value is -5.65. The average Bonchev–Trinajstić information content (AvgIpc) is 3.60. The maximum atomic E-state index is 13.0. The van der Waals surface area contributed by atoms with Crippen molar-refractivity contribution < 1.29 is 19.5 Å². The number of amides is 2. The first-order chi connectivity index (χ1) is 20.1. The summed E-state index contributed by atoms with van der Waals surface area (Å²) >= 11 is 0. The second-order valence-electron chi connectivity index (χ2n) is 10.1. The van der Waals surface area contributed by atoms with Crippen LogP contribution in [0.2, 0.25) is 0 Å². The van der Waals surface area contributed by atoms with Gasteiger partial charge in [0.1, 0.15) is 29.1 Å². The highest BCUT2D eigenvalue weighted by Crippen LogP contribution is 2.34. The van der Waals surface area contributed by atoms with Crippen molar-refractivity contribution in [3.63, 3.8) is 0 Å². The molecule has 5 aromatic rings. The van der Waals surface area contributed by atoms with E-state index in [0.717, 1.165) is 28.4 Å². The number of aromatic nitrogens is 3. The lowest BCUT2D eigenvalue weighted by atomic mass is 9.98. The fraction of sp³-hybridized carbons (Fsp3) is 0.167. The molecule has 0 fully saturated rings. The lowest BCUT2D eigenvalue weighted by Crippen LogP contribution is -2.38. The molecule has 2 amide bonds. The minimum Gasteiger partial charge on any atom is -0.478 e. The molecule has 0 unspecified atom stereocenters. The quantitative estimate of drug-likeness (QED) is 0.214. The van der Waals surface area contributed by atoms with Gasteiger partial charge in [0.15, 0.2) is 0 Å². The van der Waals surface area contributed by atoms with Crippen LogP contribution in [0.1, 0.15) is 66.1 Å². The summed E-state index contributed by atoms with van der Waals surface area (Å²) in [6.45, 7) is 1.89. The minimum atomic E-state index is -0.990.